The second-order valence-electron chi connectivity index (χ2n) is 8.82. The zero-order valence-electron chi connectivity index (χ0n) is 19.6. The van der Waals surface area contributed by atoms with E-state index in [1.165, 1.54) is 23.8 Å². The van der Waals surface area contributed by atoms with Gasteiger partial charge in [-0.05, 0) is 29.7 Å². The number of alkyl halides is 3. The summed E-state index contributed by atoms with van der Waals surface area (Å²) in [5, 5.41) is 8.24. The van der Waals surface area contributed by atoms with Crippen LogP contribution in [0, 0.1) is 0 Å². The number of aryl methyl sites for hydroxylation is 1. The average Bonchev–Trinajstić information content (AvgIpc) is 3.46. The van der Waals surface area contributed by atoms with Crippen molar-refractivity contribution in [3.63, 3.8) is 0 Å². The molecule has 5 heterocycles. The Morgan fingerprint density at radius 1 is 1.06 bits per heavy atom. The first kappa shape index (κ1) is 22.4. The van der Waals surface area contributed by atoms with E-state index in [0.717, 1.165) is 22.0 Å². The fourth-order valence-corrected chi connectivity index (χ4v) is 5.28. The van der Waals surface area contributed by atoms with Gasteiger partial charge in [0.15, 0.2) is 22.8 Å². The Morgan fingerprint density at radius 3 is 2.53 bits per heavy atom. The van der Waals surface area contributed by atoms with Crippen molar-refractivity contribution in [3.05, 3.63) is 58.7 Å². The number of amides is 1. The van der Waals surface area contributed by atoms with Crippen molar-refractivity contribution in [3.8, 4) is 22.8 Å². The van der Waals surface area contributed by atoms with Gasteiger partial charge in [0.2, 0.25) is 0 Å². The fraction of sp³-hybridized carbons (Fsp3) is 0.333. The molecule has 1 aromatic carbocycles. The highest BCUT2D eigenvalue weighted by Crippen LogP contribution is 2.43. The summed E-state index contributed by atoms with van der Waals surface area (Å²) in [7, 11) is 4.37. The fourth-order valence-electron chi connectivity index (χ4n) is 5.28. The van der Waals surface area contributed by atoms with Crippen molar-refractivity contribution >= 4 is 11.6 Å². The van der Waals surface area contributed by atoms with Crippen molar-refractivity contribution in [2.45, 2.75) is 25.1 Å². The van der Waals surface area contributed by atoms with Gasteiger partial charge in [0.1, 0.15) is 0 Å². The number of ether oxygens (including phenoxy) is 2. The highest BCUT2D eigenvalue weighted by atomic mass is 19.4. The van der Waals surface area contributed by atoms with Crippen LogP contribution in [0.2, 0.25) is 0 Å². The molecule has 6 rings (SSSR count). The quantitative estimate of drug-likeness (QED) is 0.430. The van der Waals surface area contributed by atoms with Crippen LogP contribution in [0.1, 0.15) is 38.9 Å². The van der Waals surface area contributed by atoms with Crippen molar-refractivity contribution in [2.24, 2.45) is 7.05 Å². The van der Waals surface area contributed by atoms with Crippen LogP contribution in [0.3, 0.4) is 0 Å². The van der Waals surface area contributed by atoms with E-state index in [9.17, 15) is 18.0 Å². The molecular formula is C24H21F3N6O3. The van der Waals surface area contributed by atoms with E-state index in [1.807, 2.05) is 12.1 Å². The van der Waals surface area contributed by atoms with Crippen molar-refractivity contribution < 1.29 is 27.4 Å². The van der Waals surface area contributed by atoms with E-state index in [4.69, 9.17) is 9.47 Å². The molecule has 2 aliphatic heterocycles. The minimum atomic E-state index is -4.61. The van der Waals surface area contributed by atoms with Gasteiger partial charge < -0.3 is 14.4 Å². The summed E-state index contributed by atoms with van der Waals surface area (Å²) in [6.07, 6.45) is -0.905. The minimum Gasteiger partial charge on any atom is -0.493 e. The van der Waals surface area contributed by atoms with Crippen molar-refractivity contribution in [2.75, 3.05) is 20.8 Å². The lowest BCUT2D eigenvalue weighted by Crippen LogP contribution is -2.45. The Labute approximate surface area is 203 Å². The van der Waals surface area contributed by atoms with E-state index < -0.39 is 11.9 Å². The Bertz CT molecular complexity index is 1540. The van der Waals surface area contributed by atoms with Gasteiger partial charge in [-0.15, -0.1) is 0 Å². The molecule has 1 amide bonds. The van der Waals surface area contributed by atoms with Crippen LogP contribution in [0.25, 0.3) is 16.9 Å². The van der Waals surface area contributed by atoms with Gasteiger partial charge in [0.25, 0.3) is 5.91 Å². The highest BCUT2D eigenvalue weighted by Gasteiger charge is 2.40. The molecule has 0 spiro atoms. The Balaban J connectivity index is 1.49. The van der Waals surface area contributed by atoms with Crippen molar-refractivity contribution in [1.29, 1.82) is 0 Å². The SMILES string of the molecule is COc1cc2c(cc1OC)[C@@H]1Cc3c(cnc4cc(-c5cnn(C)c5C(F)(F)F)nn34)C(=O)N1CC2. The first-order valence-electron chi connectivity index (χ1n) is 11.2. The summed E-state index contributed by atoms with van der Waals surface area (Å²) >= 11 is 0. The summed E-state index contributed by atoms with van der Waals surface area (Å²) in [5.74, 6) is 0.992. The molecule has 0 radical (unpaired) electrons. The van der Waals surface area contributed by atoms with Crippen LogP contribution in [0.15, 0.2) is 30.6 Å². The van der Waals surface area contributed by atoms with Crippen LogP contribution >= 0.6 is 0 Å². The normalized spacial score (nSPS) is 17.1. The standard InChI is InChI=1S/C24H21F3N6O3/c1-31-22(24(25,26)27)14(11-29-31)16-8-21-28-10-15-18(33(21)30-16)9-17-13-7-20(36-3)19(35-2)6-12(13)4-5-32(17)23(15)34/h6-8,10-11,17H,4-5,9H2,1-3H3/t17-/m0/s1. The molecule has 2 aliphatic rings. The Hall–Kier alpha value is -4.09. The topological polar surface area (TPSA) is 86.8 Å². The van der Waals surface area contributed by atoms with Gasteiger partial charge in [-0.25, -0.2) is 9.50 Å². The maximum Gasteiger partial charge on any atom is 0.433 e. The van der Waals surface area contributed by atoms with Gasteiger partial charge >= 0.3 is 6.18 Å². The number of nitrogens with zero attached hydrogens (tertiary/aromatic N) is 6. The highest BCUT2D eigenvalue weighted by molar-refractivity contribution is 5.97. The first-order chi connectivity index (χ1) is 17.2. The smallest absolute Gasteiger partial charge is 0.433 e. The average molecular weight is 498 g/mol. The molecule has 36 heavy (non-hydrogen) atoms. The number of hydrogen-bond acceptors (Lipinski definition) is 6. The lowest BCUT2D eigenvalue weighted by atomic mass is 9.85. The molecule has 0 aliphatic carbocycles. The predicted molar refractivity (Wildman–Crippen MR) is 121 cm³/mol. The molecule has 12 heteroatoms. The van der Waals surface area contributed by atoms with Crippen LogP contribution in [0.5, 0.6) is 11.5 Å². The number of rotatable bonds is 3. The van der Waals surface area contributed by atoms with Gasteiger partial charge in [0, 0.05) is 32.3 Å². The molecule has 3 aromatic heterocycles. The predicted octanol–water partition coefficient (Wildman–Crippen LogP) is 3.46. The summed E-state index contributed by atoms with van der Waals surface area (Å²) < 4.78 is 54.2. The van der Waals surface area contributed by atoms with Crippen molar-refractivity contribution in [1.82, 2.24) is 29.3 Å². The monoisotopic (exact) mass is 498 g/mol. The third-order valence-corrected chi connectivity index (χ3v) is 6.95. The van der Waals surface area contributed by atoms with Crippen LogP contribution in [-0.2, 0) is 26.1 Å². The number of fused-ring (bicyclic) bond motifs is 6. The summed E-state index contributed by atoms with van der Waals surface area (Å²) in [4.78, 5) is 19.6. The molecule has 0 saturated heterocycles. The Morgan fingerprint density at radius 2 is 1.81 bits per heavy atom. The molecule has 4 aromatic rings. The largest absolute Gasteiger partial charge is 0.493 e. The van der Waals surface area contributed by atoms with E-state index in [1.54, 1.807) is 19.1 Å². The van der Waals surface area contributed by atoms with E-state index in [-0.39, 0.29) is 23.2 Å². The number of benzene rings is 1. The molecule has 1 atom stereocenters. The number of carbonyl (C=O) groups excluding carboxylic acids is 1. The van der Waals surface area contributed by atoms with Crippen LogP contribution < -0.4 is 9.47 Å². The first-order valence-corrected chi connectivity index (χ1v) is 11.2. The number of aromatic nitrogens is 5. The zero-order valence-corrected chi connectivity index (χ0v) is 19.6. The number of hydrogen-bond donors (Lipinski definition) is 0. The number of halogens is 3. The molecular weight excluding hydrogens is 477 g/mol. The second kappa shape index (κ2) is 7.70. The second-order valence-corrected chi connectivity index (χ2v) is 8.82. The minimum absolute atomic E-state index is 0.0849. The molecule has 0 fully saturated rings. The number of carbonyl (C=O) groups is 1. The molecule has 186 valence electrons. The summed E-state index contributed by atoms with van der Waals surface area (Å²) in [6.45, 7) is 0.526. The zero-order chi connectivity index (χ0) is 25.4. The third kappa shape index (κ3) is 3.16. The van der Waals surface area contributed by atoms with Crippen LogP contribution in [0.4, 0.5) is 13.2 Å². The maximum absolute atomic E-state index is 13.7. The number of methoxy groups -OCH3 is 2. The maximum atomic E-state index is 13.7. The van der Waals surface area contributed by atoms with Gasteiger partial charge in [-0.2, -0.15) is 23.4 Å². The Kier molecular flexibility index (Phi) is 4.79. The molecule has 0 unspecified atom stereocenters. The van der Waals surface area contributed by atoms with Gasteiger partial charge in [0.05, 0.1) is 49.0 Å². The van der Waals surface area contributed by atoms with E-state index in [0.29, 0.717) is 47.8 Å². The summed E-state index contributed by atoms with van der Waals surface area (Å²) in [6, 6.07) is 5.02. The lowest BCUT2D eigenvalue weighted by Gasteiger charge is -2.41. The lowest BCUT2D eigenvalue weighted by molar-refractivity contribution is -0.143. The van der Waals surface area contributed by atoms with Gasteiger partial charge in [-0.1, -0.05) is 0 Å². The van der Waals surface area contributed by atoms with Gasteiger partial charge in [-0.3, -0.25) is 9.48 Å². The van der Waals surface area contributed by atoms with Crippen LogP contribution in [-0.4, -0.2) is 55.9 Å². The van der Waals surface area contributed by atoms with E-state index >= 15 is 0 Å². The molecule has 9 nitrogen and oxygen atoms in total. The molecule has 0 N–H and O–H groups in total. The summed E-state index contributed by atoms with van der Waals surface area (Å²) in [5.41, 5.74) is 2.38. The van der Waals surface area contributed by atoms with E-state index in [2.05, 4.69) is 15.2 Å². The molecule has 0 saturated carbocycles. The third-order valence-electron chi connectivity index (χ3n) is 6.95. The molecule has 0 bridgehead atoms.